The van der Waals surface area contributed by atoms with Crippen LogP contribution in [0.2, 0.25) is 0 Å². The van der Waals surface area contributed by atoms with E-state index in [0.29, 0.717) is 37.5 Å². The van der Waals surface area contributed by atoms with E-state index in [-0.39, 0.29) is 6.09 Å². The molecule has 1 fully saturated rings. The highest BCUT2D eigenvalue weighted by atomic mass is 16.6. The first kappa shape index (κ1) is 16.9. The number of nitriles is 1. The summed E-state index contributed by atoms with van der Waals surface area (Å²) in [6, 6.07) is 7.64. The summed E-state index contributed by atoms with van der Waals surface area (Å²) in [4.78, 5) is 16.0. The van der Waals surface area contributed by atoms with Crippen molar-refractivity contribution in [1.29, 1.82) is 5.26 Å². The molecule has 0 radical (unpaired) electrons. The molecule has 0 aliphatic carbocycles. The quantitative estimate of drug-likeness (QED) is 0.839. The Morgan fingerprint density at radius 3 is 2.39 bits per heavy atom. The fraction of sp³-hybridized carbons (Fsp3) is 0.529. The van der Waals surface area contributed by atoms with Gasteiger partial charge in [0.2, 0.25) is 0 Å². The Balaban J connectivity index is 1.99. The Hall–Kier alpha value is -2.42. The molecule has 124 valence electrons. The minimum atomic E-state index is -0.477. The van der Waals surface area contributed by atoms with Crippen LogP contribution < -0.4 is 9.64 Å². The molecule has 1 saturated heterocycles. The summed E-state index contributed by atoms with van der Waals surface area (Å²) in [6.45, 7) is 8.25. The lowest BCUT2D eigenvalue weighted by atomic mass is 10.1. The van der Waals surface area contributed by atoms with Gasteiger partial charge in [-0.05, 0) is 32.9 Å². The molecule has 0 saturated carbocycles. The van der Waals surface area contributed by atoms with E-state index in [1.54, 1.807) is 18.1 Å². The monoisotopic (exact) mass is 317 g/mol. The zero-order valence-electron chi connectivity index (χ0n) is 14.1. The first-order chi connectivity index (χ1) is 10.8. The van der Waals surface area contributed by atoms with Crippen molar-refractivity contribution in [3.8, 4) is 11.8 Å². The second kappa shape index (κ2) is 6.78. The minimum Gasteiger partial charge on any atom is -0.495 e. The van der Waals surface area contributed by atoms with Gasteiger partial charge in [-0.3, -0.25) is 0 Å². The number of ether oxygens (including phenoxy) is 2. The maximum atomic E-state index is 12.1. The smallest absolute Gasteiger partial charge is 0.410 e. The summed E-state index contributed by atoms with van der Waals surface area (Å²) in [6.07, 6.45) is -0.269. The van der Waals surface area contributed by atoms with Crippen molar-refractivity contribution in [3.05, 3.63) is 23.8 Å². The van der Waals surface area contributed by atoms with E-state index in [9.17, 15) is 4.79 Å². The van der Waals surface area contributed by atoms with Gasteiger partial charge in [0, 0.05) is 37.9 Å². The number of hydrogen-bond donors (Lipinski definition) is 0. The largest absolute Gasteiger partial charge is 0.495 e. The molecule has 0 unspecified atom stereocenters. The maximum absolute atomic E-state index is 12.1. The third-order valence-corrected chi connectivity index (χ3v) is 3.60. The third kappa shape index (κ3) is 4.28. The molecule has 6 nitrogen and oxygen atoms in total. The first-order valence-corrected chi connectivity index (χ1v) is 7.65. The number of anilines is 1. The van der Waals surface area contributed by atoms with Crippen LogP contribution >= 0.6 is 0 Å². The van der Waals surface area contributed by atoms with Gasteiger partial charge in [-0.25, -0.2) is 4.79 Å². The highest BCUT2D eigenvalue weighted by Gasteiger charge is 2.26. The number of amides is 1. The van der Waals surface area contributed by atoms with Crippen molar-refractivity contribution in [2.24, 2.45) is 0 Å². The summed E-state index contributed by atoms with van der Waals surface area (Å²) >= 11 is 0. The topological polar surface area (TPSA) is 65.8 Å². The van der Waals surface area contributed by atoms with Gasteiger partial charge in [-0.2, -0.15) is 5.26 Å². The average Bonchev–Trinajstić information content (AvgIpc) is 2.52. The van der Waals surface area contributed by atoms with Gasteiger partial charge >= 0.3 is 6.09 Å². The predicted octanol–water partition coefficient (Wildman–Crippen LogP) is 2.62. The molecule has 6 heteroatoms. The van der Waals surface area contributed by atoms with Gasteiger partial charge in [0.15, 0.2) is 0 Å². The fourth-order valence-electron chi connectivity index (χ4n) is 2.44. The lowest BCUT2D eigenvalue weighted by Gasteiger charge is -2.36. The van der Waals surface area contributed by atoms with Crippen LogP contribution in [0.4, 0.5) is 10.5 Å². The molecule has 0 aromatic heterocycles. The molecule has 0 atom stereocenters. The Kier molecular flexibility index (Phi) is 4.99. The van der Waals surface area contributed by atoms with Gasteiger partial charge in [-0.1, -0.05) is 0 Å². The molecule has 0 N–H and O–H groups in total. The standard InChI is InChI=1S/C17H23N3O3/c1-17(2,3)23-16(21)20-9-7-19(8-10-20)14-6-5-13(12-18)15(11-14)22-4/h5-6,11H,7-10H2,1-4H3. The molecular formula is C17H23N3O3. The normalized spacial score (nSPS) is 15.1. The number of benzene rings is 1. The maximum Gasteiger partial charge on any atom is 0.410 e. The summed E-state index contributed by atoms with van der Waals surface area (Å²) < 4.78 is 10.6. The van der Waals surface area contributed by atoms with E-state index in [0.717, 1.165) is 5.69 Å². The Labute approximate surface area is 137 Å². The zero-order chi connectivity index (χ0) is 17.0. The molecule has 1 aliphatic heterocycles. The van der Waals surface area contributed by atoms with Gasteiger partial charge in [0.05, 0.1) is 12.7 Å². The van der Waals surface area contributed by atoms with Crippen LogP contribution in [-0.2, 0) is 4.74 Å². The summed E-state index contributed by atoms with van der Waals surface area (Å²) in [5.41, 5.74) is 1.03. The Morgan fingerprint density at radius 1 is 1.22 bits per heavy atom. The van der Waals surface area contributed by atoms with Gasteiger partial charge in [0.25, 0.3) is 0 Å². The number of carbonyl (C=O) groups is 1. The molecule has 1 aromatic rings. The lowest BCUT2D eigenvalue weighted by Crippen LogP contribution is -2.50. The van der Waals surface area contributed by atoms with Crippen molar-refractivity contribution in [2.45, 2.75) is 26.4 Å². The van der Waals surface area contributed by atoms with E-state index in [1.165, 1.54) is 0 Å². The molecule has 1 aliphatic rings. The lowest BCUT2D eigenvalue weighted by molar-refractivity contribution is 0.0240. The number of nitrogens with zero attached hydrogens (tertiary/aromatic N) is 3. The van der Waals surface area contributed by atoms with Crippen LogP contribution in [0, 0.1) is 11.3 Å². The van der Waals surface area contributed by atoms with Crippen molar-refractivity contribution >= 4 is 11.8 Å². The number of methoxy groups -OCH3 is 1. The van der Waals surface area contributed by atoms with Gasteiger partial charge in [0.1, 0.15) is 17.4 Å². The second-order valence-electron chi connectivity index (χ2n) is 6.45. The molecule has 0 bridgehead atoms. The SMILES string of the molecule is COc1cc(N2CCN(C(=O)OC(C)(C)C)CC2)ccc1C#N. The van der Waals surface area contributed by atoms with Crippen LogP contribution in [-0.4, -0.2) is 49.9 Å². The van der Waals surface area contributed by atoms with Crippen LogP contribution in [0.3, 0.4) is 0 Å². The second-order valence-corrected chi connectivity index (χ2v) is 6.45. The summed E-state index contributed by atoms with van der Waals surface area (Å²) in [7, 11) is 1.56. The third-order valence-electron chi connectivity index (χ3n) is 3.60. The number of rotatable bonds is 2. The van der Waals surface area contributed by atoms with Crippen LogP contribution in [0.15, 0.2) is 18.2 Å². The Bertz CT molecular complexity index is 608. The summed E-state index contributed by atoms with van der Waals surface area (Å²) in [5.74, 6) is 0.569. The van der Waals surface area contributed by atoms with E-state index in [1.807, 2.05) is 32.9 Å². The van der Waals surface area contributed by atoms with E-state index >= 15 is 0 Å². The molecule has 23 heavy (non-hydrogen) atoms. The van der Waals surface area contributed by atoms with E-state index < -0.39 is 5.60 Å². The zero-order valence-corrected chi connectivity index (χ0v) is 14.1. The molecule has 1 amide bonds. The molecule has 1 heterocycles. The predicted molar refractivity (Wildman–Crippen MR) is 87.7 cm³/mol. The Morgan fingerprint density at radius 2 is 1.87 bits per heavy atom. The number of hydrogen-bond acceptors (Lipinski definition) is 5. The highest BCUT2D eigenvalue weighted by Crippen LogP contribution is 2.26. The molecular weight excluding hydrogens is 294 g/mol. The first-order valence-electron chi connectivity index (χ1n) is 7.65. The van der Waals surface area contributed by atoms with Crippen LogP contribution in [0.25, 0.3) is 0 Å². The van der Waals surface area contributed by atoms with Crippen LogP contribution in [0.1, 0.15) is 26.3 Å². The minimum absolute atomic E-state index is 0.269. The van der Waals surface area contributed by atoms with Crippen molar-refractivity contribution < 1.29 is 14.3 Å². The van der Waals surface area contributed by atoms with Crippen LogP contribution in [0.5, 0.6) is 5.75 Å². The number of piperazine rings is 1. The molecule has 2 rings (SSSR count). The molecule has 0 spiro atoms. The van der Waals surface area contributed by atoms with Crippen molar-refractivity contribution in [3.63, 3.8) is 0 Å². The number of carbonyl (C=O) groups excluding carboxylic acids is 1. The van der Waals surface area contributed by atoms with Gasteiger partial charge in [-0.15, -0.1) is 0 Å². The average molecular weight is 317 g/mol. The summed E-state index contributed by atoms with van der Waals surface area (Å²) in [5, 5.41) is 9.04. The molecule has 1 aromatic carbocycles. The van der Waals surface area contributed by atoms with E-state index in [4.69, 9.17) is 14.7 Å². The van der Waals surface area contributed by atoms with Crippen molar-refractivity contribution in [2.75, 3.05) is 38.2 Å². The fourth-order valence-corrected chi connectivity index (χ4v) is 2.44. The highest BCUT2D eigenvalue weighted by molar-refractivity contribution is 5.68. The van der Waals surface area contributed by atoms with Crippen molar-refractivity contribution in [1.82, 2.24) is 4.90 Å². The van der Waals surface area contributed by atoms with Gasteiger partial charge < -0.3 is 19.3 Å². The van der Waals surface area contributed by atoms with E-state index in [2.05, 4.69) is 11.0 Å².